The first kappa shape index (κ1) is 21.7. The molecule has 8 heteroatoms. The number of esters is 1. The van der Waals surface area contributed by atoms with Crippen molar-refractivity contribution in [3.05, 3.63) is 62.1 Å². The summed E-state index contributed by atoms with van der Waals surface area (Å²) in [7, 11) is 2.85. The van der Waals surface area contributed by atoms with Gasteiger partial charge in [0.1, 0.15) is 6.10 Å². The maximum atomic E-state index is 12.6. The molecule has 0 aromatic heterocycles. The Kier molecular flexibility index (Phi) is 7.80. The lowest BCUT2D eigenvalue weighted by molar-refractivity contribution is -0.386. The van der Waals surface area contributed by atoms with Crippen molar-refractivity contribution in [2.45, 2.75) is 32.3 Å². The van der Waals surface area contributed by atoms with Gasteiger partial charge in [0.05, 0.1) is 36.3 Å². The molecule has 2 rings (SSSR count). The molecule has 1 unspecified atom stereocenters. The summed E-state index contributed by atoms with van der Waals surface area (Å²) in [5.41, 5.74) is 0.469. The van der Waals surface area contributed by atoms with Crippen molar-refractivity contribution in [1.82, 2.24) is 0 Å². The number of halogens is 1. The van der Waals surface area contributed by atoms with E-state index in [1.165, 1.54) is 26.4 Å². The number of unbranched alkanes of at least 4 members (excludes halogenated alkanes) is 1. The monoisotopic (exact) mass is 451 g/mol. The van der Waals surface area contributed by atoms with Gasteiger partial charge >= 0.3 is 5.97 Å². The molecule has 0 heterocycles. The van der Waals surface area contributed by atoms with Gasteiger partial charge in [0, 0.05) is 4.47 Å². The number of rotatable bonds is 9. The average molecular weight is 452 g/mol. The highest BCUT2D eigenvalue weighted by Crippen LogP contribution is 2.40. The predicted octanol–water partition coefficient (Wildman–Crippen LogP) is 5.46. The number of hydrogen-bond acceptors (Lipinski definition) is 6. The lowest BCUT2D eigenvalue weighted by atomic mass is 10.0. The molecule has 0 fully saturated rings. The lowest BCUT2D eigenvalue weighted by Gasteiger charge is -2.20. The van der Waals surface area contributed by atoms with E-state index in [0.717, 1.165) is 17.3 Å². The summed E-state index contributed by atoms with van der Waals surface area (Å²) in [5.74, 6) is 0.0356. The van der Waals surface area contributed by atoms with Gasteiger partial charge in [0.15, 0.2) is 11.5 Å². The third-order valence-electron chi connectivity index (χ3n) is 4.23. The quantitative estimate of drug-likeness (QED) is 0.285. The molecule has 1 atom stereocenters. The second-order valence-electron chi connectivity index (χ2n) is 6.07. The third-order valence-corrected chi connectivity index (χ3v) is 4.75. The molecule has 7 nitrogen and oxygen atoms in total. The summed E-state index contributed by atoms with van der Waals surface area (Å²) in [6.07, 6.45) is 1.27. The molecule has 0 radical (unpaired) electrons. The zero-order valence-electron chi connectivity index (χ0n) is 15.9. The number of nitrogens with zero attached hydrogens (tertiary/aromatic N) is 1. The van der Waals surface area contributed by atoms with E-state index in [1.807, 2.05) is 6.92 Å². The fourth-order valence-electron chi connectivity index (χ4n) is 2.75. The largest absolute Gasteiger partial charge is 0.493 e. The van der Waals surface area contributed by atoms with E-state index in [0.29, 0.717) is 17.7 Å². The topological polar surface area (TPSA) is 87.9 Å². The van der Waals surface area contributed by atoms with Crippen LogP contribution in [0.25, 0.3) is 0 Å². The smallest absolute Gasteiger partial charge is 0.338 e. The van der Waals surface area contributed by atoms with Crippen LogP contribution in [0.2, 0.25) is 0 Å². The highest BCUT2D eigenvalue weighted by atomic mass is 79.9. The Bertz CT molecular complexity index is 837. The maximum Gasteiger partial charge on any atom is 0.338 e. The number of hydrogen-bond donors (Lipinski definition) is 0. The fourth-order valence-corrected chi connectivity index (χ4v) is 3.01. The van der Waals surface area contributed by atoms with Crippen LogP contribution in [0.15, 0.2) is 40.9 Å². The Labute approximate surface area is 171 Å². The Morgan fingerprint density at radius 1 is 1.14 bits per heavy atom. The first-order chi connectivity index (χ1) is 13.4. The average Bonchev–Trinajstić information content (AvgIpc) is 2.70. The summed E-state index contributed by atoms with van der Waals surface area (Å²) in [6, 6.07) is 9.53. The van der Waals surface area contributed by atoms with Gasteiger partial charge in [-0.3, -0.25) is 10.1 Å². The Hall–Kier alpha value is -2.61. The first-order valence-electron chi connectivity index (χ1n) is 8.78. The third kappa shape index (κ3) is 5.22. The molecule has 0 aliphatic carbocycles. The zero-order valence-corrected chi connectivity index (χ0v) is 17.5. The van der Waals surface area contributed by atoms with Gasteiger partial charge in [-0.1, -0.05) is 29.3 Å². The molecule has 0 amide bonds. The van der Waals surface area contributed by atoms with Crippen LogP contribution in [0.5, 0.6) is 11.5 Å². The number of methoxy groups -OCH3 is 2. The highest BCUT2D eigenvalue weighted by Gasteiger charge is 2.28. The SMILES string of the molecule is CCCCC(OC(=O)c1ccc(Br)cc1)c1cc(OC)c(OC)cc1[N+](=O)[O-]. The minimum Gasteiger partial charge on any atom is -0.493 e. The second-order valence-corrected chi connectivity index (χ2v) is 6.98. The van der Waals surface area contributed by atoms with Gasteiger partial charge in [-0.05, 0) is 43.2 Å². The van der Waals surface area contributed by atoms with Gasteiger partial charge in [-0.15, -0.1) is 0 Å². The van der Waals surface area contributed by atoms with Crippen LogP contribution >= 0.6 is 15.9 Å². The molecule has 0 spiro atoms. The number of carbonyl (C=O) groups excluding carboxylic acids is 1. The molecule has 0 N–H and O–H groups in total. The van der Waals surface area contributed by atoms with Crippen molar-refractivity contribution in [3.63, 3.8) is 0 Å². The number of carbonyl (C=O) groups is 1. The number of nitro benzene ring substituents is 1. The van der Waals surface area contributed by atoms with E-state index in [4.69, 9.17) is 14.2 Å². The lowest BCUT2D eigenvalue weighted by Crippen LogP contribution is -2.14. The number of benzene rings is 2. The van der Waals surface area contributed by atoms with Crippen molar-refractivity contribution in [2.75, 3.05) is 14.2 Å². The van der Waals surface area contributed by atoms with Crippen molar-refractivity contribution >= 4 is 27.6 Å². The Morgan fingerprint density at radius 3 is 2.29 bits per heavy atom. The van der Waals surface area contributed by atoms with Crippen molar-refractivity contribution in [1.29, 1.82) is 0 Å². The van der Waals surface area contributed by atoms with E-state index >= 15 is 0 Å². The van der Waals surface area contributed by atoms with Gasteiger partial charge < -0.3 is 14.2 Å². The summed E-state index contributed by atoms with van der Waals surface area (Å²) in [5, 5.41) is 11.6. The molecule has 2 aromatic carbocycles. The molecule has 28 heavy (non-hydrogen) atoms. The summed E-state index contributed by atoms with van der Waals surface area (Å²) < 4.78 is 16.9. The number of nitro groups is 1. The molecule has 0 bridgehead atoms. The summed E-state index contributed by atoms with van der Waals surface area (Å²) in [4.78, 5) is 23.7. The van der Waals surface area contributed by atoms with Crippen molar-refractivity contribution in [3.8, 4) is 11.5 Å². The van der Waals surface area contributed by atoms with Crippen molar-refractivity contribution in [2.24, 2.45) is 0 Å². The van der Waals surface area contributed by atoms with Gasteiger partial charge in [-0.2, -0.15) is 0 Å². The first-order valence-corrected chi connectivity index (χ1v) is 9.57. The van der Waals surface area contributed by atoms with Crippen LogP contribution in [-0.4, -0.2) is 25.1 Å². The van der Waals surface area contributed by atoms with Crippen LogP contribution in [0.4, 0.5) is 5.69 Å². The molecule has 0 saturated carbocycles. The van der Waals surface area contributed by atoms with E-state index in [1.54, 1.807) is 24.3 Å². The van der Waals surface area contributed by atoms with Crippen LogP contribution in [0, 0.1) is 10.1 Å². The normalized spacial score (nSPS) is 11.6. The molecule has 150 valence electrons. The molecule has 0 saturated heterocycles. The minimum absolute atomic E-state index is 0.178. The van der Waals surface area contributed by atoms with Crippen LogP contribution in [0.1, 0.15) is 48.2 Å². The standard InChI is InChI=1S/C20H22BrNO6/c1-4-5-6-17(28-20(23)13-7-9-14(21)10-8-13)15-11-18(26-2)19(27-3)12-16(15)22(24)25/h7-12,17H,4-6H2,1-3H3. The molecular weight excluding hydrogens is 430 g/mol. The fraction of sp³-hybridized carbons (Fsp3) is 0.350. The van der Waals surface area contributed by atoms with E-state index < -0.39 is 17.0 Å². The van der Waals surface area contributed by atoms with Crippen molar-refractivity contribution < 1.29 is 23.9 Å². The maximum absolute atomic E-state index is 12.6. The van der Waals surface area contributed by atoms with E-state index in [-0.39, 0.29) is 17.0 Å². The highest BCUT2D eigenvalue weighted by molar-refractivity contribution is 9.10. The van der Waals surface area contributed by atoms with Gasteiger partial charge in [0.2, 0.25) is 0 Å². The van der Waals surface area contributed by atoms with Gasteiger partial charge in [-0.25, -0.2) is 4.79 Å². The number of ether oxygens (including phenoxy) is 3. The van der Waals surface area contributed by atoms with Crippen LogP contribution in [0.3, 0.4) is 0 Å². The van der Waals surface area contributed by atoms with Crippen LogP contribution in [-0.2, 0) is 4.74 Å². The Balaban J connectivity index is 2.44. The predicted molar refractivity (Wildman–Crippen MR) is 108 cm³/mol. The minimum atomic E-state index is -0.781. The molecule has 0 aliphatic rings. The molecule has 0 aliphatic heterocycles. The second kappa shape index (κ2) is 10.1. The summed E-state index contributed by atoms with van der Waals surface area (Å²) >= 11 is 3.32. The van der Waals surface area contributed by atoms with Gasteiger partial charge in [0.25, 0.3) is 5.69 Å². The van der Waals surface area contributed by atoms with E-state index in [2.05, 4.69) is 15.9 Å². The zero-order chi connectivity index (χ0) is 20.7. The van der Waals surface area contributed by atoms with Crippen LogP contribution < -0.4 is 9.47 Å². The molecular formula is C20H22BrNO6. The van der Waals surface area contributed by atoms with E-state index in [9.17, 15) is 14.9 Å². The summed E-state index contributed by atoms with van der Waals surface area (Å²) in [6.45, 7) is 2.00. The molecule has 2 aromatic rings. The Morgan fingerprint density at radius 2 is 1.75 bits per heavy atom.